The highest BCUT2D eigenvalue weighted by Gasteiger charge is 2.17. The molecule has 1 aliphatic heterocycles. The highest BCUT2D eigenvalue weighted by atomic mass is 32.2. The van der Waals surface area contributed by atoms with Crippen molar-refractivity contribution in [2.24, 2.45) is 0 Å². The minimum Gasteiger partial charge on any atom is -0.454 e. The second-order valence-corrected chi connectivity index (χ2v) is 7.12. The van der Waals surface area contributed by atoms with Gasteiger partial charge in [0, 0.05) is 11.6 Å². The fourth-order valence-electron chi connectivity index (χ4n) is 2.63. The highest BCUT2D eigenvalue weighted by molar-refractivity contribution is 7.99. The van der Waals surface area contributed by atoms with E-state index in [2.05, 4.69) is 22.4 Å². The van der Waals surface area contributed by atoms with Crippen LogP contribution in [0.2, 0.25) is 0 Å². The lowest BCUT2D eigenvalue weighted by molar-refractivity contribution is -0.119. The van der Waals surface area contributed by atoms with Gasteiger partial charge in [0.25, 0.3) is 5.22 Å². The average Bonchev–Trinajstić information content (AvgIpc) is 3.28. The Labute approximate surface area is 156 Å². The Morgan fingerprint density at radius 2 is 2.12 bits per heavy atom. The van der Waals surface area contributed by atoms with E-state index in [4.69, 9.17) is 13.9 Å². The smallest absolute Gasteiger partial charge is 0.277 e. The van der Waals surface area contributed by atoms with E-state index in [0.717, 1.165) is 18.4 Å². The summed E-state index contributed by atoms with van der Waals surface area (Å²) in [4.78, 5) is 12.0. The molecule has 0 saturated carbocycles. The summed E-state index contributed by atoms with van der Waals surface area (Å²) in [7, 11) is 0. The molecule has 0 saturated heterocycles. The summed E-state index contributed by atoms with van der Waals surface area (Å²) in [5.41, 5.74) is 0.752. The number of hydrogen-bond acceptors (Lipinski definition) is 7. The third-order valence-corrected chi connectivity index (χ3v) is 4.82. The molecule has 0 aliphatic carbocycles. The first-order chi connectivity index (χ1) is 12.7. The van der Waals surface area contributed by atoms with Gasteiger partial charge in [-0.2, -0.15) is 0 Å². The summed E-state index contributed by atoms with van der Waals surface area (Å²) in [5, 5.41) is 11.4. The van der Waals surface area contributed by atoms with Crippen molar-refractivity contribution in [2.45, 2.75) is 50.8 Å². The summed E-state index contributed by atoms with van der Waals surface area (Å²) < 4.78 is 16.3. The molecule has 1 aliphatic rings. The number of nitrogens with one attached hydrogen (secondary N) is 1. The first-order valence-corrected chi connectivity index (χ1v) is 9.80. The second kappa shape index (κ2) is 8.93. The number of nitrogens with zero attached hydrogens (tertiary/aromatic N) is 2. The van der Waals surface area contributed by atoms with Crippen LogP contribution >= 0.6 is 11.8 Å². The summed E-state index contributed by atoms with van der Waals surface area (Å²) in [6.07, 6.45) is 4.51. The molecular weight excluding hydrogens is 354 g/mol. The predicted molar refractivity (Wildman–Crippen MR) is 98.3 cm³/mol. The van der Waals surface area contributed by atoms with Crippen LogP contribution in [0.3, 0.4) is 0 Å². The van der Waals surface area contributed by atoms with Gasteiger partial charge < -0.3 is 19.2 Å². The molecule has 26 heavy (non-hydrogen) atoms. The lowest BCUT2D eigenvalue weighted by Crippen LogP contribution is -2.33. The average molecular weight is 377 g/mol. The molecule has 0 unspecified atom stereocenters. The maximum atomic E-state index is 12.0. The van der Waals surface area contributed by atoms with Crippen molar-refractivity contribution in [1.82, 2.24) is 15.5 Å². The Morgan fingerprint density at radius 3 is 2.96 bits per heavy atom. The van der Waals surface area contributed by atoms with Crippen molar-refractivity contribution in [3.8, 4) is 23.0 Å². The van der Waals surface area contributed by atoms with E-state index in [-0.39, 0.29) is 24.5 Å². The molecule has 1 N–H and O–H groups in total. The van der Waals surface area contributed by atoms with Gasteiger partial charge in [-0.1, -0.05) is 37.9 Å². The zero-order valence-corrected chi connectivity index (χ0v) is 15.8. The molecule has 1 aromatic heterocycles. The normalized spacial score (nSPS) is 13.6. The number of ether oxygens (including phenoxy) is 2. The van der Waals surface area contributed by atoms with Crippen LogP contribution in [0.1, 0.15) is 39.5 Å². The standard InChI is InChI=1S/C18H23N3O4S/c1-3-4-5-6-12(2)19-16(22)10-26-18-21-20-17(25-18)13-7-8-14-15(9-13)24-11-23-14/h7-9,12H,3-6,10-11H2,1-2H3,(H,19,22)/t12-/m0/s1. The fourth-order valence-corrected chi connectivity index (χ4v) is 3.21. The first-order valence-electron chi connectivity index (χ1n) is 8.81. The molecule has 1 atom stereocenters. The number of carbonyl (C=O) groups excluding carboxylic acids is 1. The molecule has 1 aromatic carbocycles. The first kappa shape index (κ1) is 18.6. The SMILES string of the molecule is CCCCC[C@H](C)NC(=O)CSc1nnc(-c2ccc3c(c2)OCO3)o1. The maximum absolute atomic E-state index is 12.0. The van der Waals surface area contributed by atoms with Crippen LogP contribution in [-0.4, -0.2) is 34.7 Å². The lowest BCUT2D eigenvalue weighted by atomic mass is 10.1. The Morgan fingerprint density at radius 1 is 1.27 bits per heavy atom. The minimum atomic E-state index is -0.0261. The number of fused-ring (bicyclic) bond motifs is 1. The summed E-state index contributed by atoms with van der Waals surface area (Å²) in [6.45, 7) is 4.42. The number of amides is 1. The summed E-state index contributed by atoms with van der Waals surface area (Å²) in [5.74, 6) is 1.97. The van der Waals surface area contributed by atoms with Gasteiger partial charge in [0.2, 0.25) is 18.6 Å². The molecular formula is C18H23N3O4S. The van der Waals surface area contributed by atoms with Crippen LogP contribution in [0.25, 0.3) is 11.5 Å². The van der Waals surface area contributed by atoms with Gasteiger partial charge in [0.1, 0.15) is 0 Å². The van der Waals surface area contributed by atoms with Crippen LogP contribution in [0.5, 0.6) is 11.5 Å². The molecule has 1 amide bonds. The zero-order valence-electron chi connectivity index (χ0n) is 15.0. The number of unbranched alkanes of at least 4 members (excludes halogenated alkanes) is 2. The highest BCUT2D eigenvalue weighted by Crippen LogP contribution is 2.35. The predicted octanol–water partition coefficient (Wildman–Crippen LogP) is 3.64. The van der Waals surface area contributed by atoms with E-state index in [9.17, 15) is 4.79 Å². The number of thioether (sulfide) groups is 1. The molecule has 0 radical (unpaired) electrons. The van der Waals surface area contributed by atoms with Crippen molar-refractivity contribution in [3.63, 3.8) is 0 Å². The largest absolute Gasteiger partial charge is 0.454 e. The van der Waals surface area contributed by atoms with E-state index in [0.29, 0.717) is 22.6 Å². The molecule has 2 aromatic rings. The van der Waals surface area contributed by atoms with Gasteiger partial charge >= 0.3 is 0 Å². The Balaban J connectivity index is 1.48. The van der Waals surface area contributed by atoms with Crippen molar-refractivity contribution in [1.29, 1.82) is 0 Å². The van der Waals surface area contributed by atoms with Crippen molar-refractivity contribution >= 4 is 17.7 Å². The van der Waals surface area contributed by atoms with Gasteiger partial charge in [-0.05, 0) is 31.5 Å². The molecule has 8 heteroatoms. The molecule has 0 bridgehead atoms. The zero-order chi connectivity index (χ0) is 18.4. The van der Waals surface area contributed by atoms with Gasteiger partial charge in [-0.15, -0.1) is 10.2 Å². The lowest BCUT2D eigenvalue weighted by Gasteiger charge is -2.12. The monoisotopic (exact) mass is 377 g/mol. The molecule has 3 rings (SSSR count). The number of carbonyl (C=O) groups is 1. The number of aromatic nitrogens is 2. The van der Waals surface area contributed by atoms with Gasteiger partial charge in [0.05, 0.1) is 5.75 Å². The van der Waals surface area contributed by atoms with E-state index < -0.39 is 0 Å². The Kier molecular flexibility index (Phi) is 6.38. The third kappa shape index (κ3) is 4.91. The van der Waals surface area contributed by atoms with Crippen LogP contribution in [0.15, 0.2) is 27.8 Å². The van der Waals surface area contributed by atoms with Crippen molar-refractivity contribution in [3.05, 3.63) is 18.2 Å². The van der Waals surface area contributed by atoms with Crippen molar-refractivity contribution in [2.75, 3.05) is 12.5 Å². The number of benzene rings is 1. The maximum Gasteiger partial charge on any atom is 0.277 e. The quantitative estimate of drug-likeness (QED) is 0.527. The van der Waals surface area contributed by atoms with Crippen LogP contribution in [-0.2, 0) is 4.79 Å². The van der Waals surface area contributed by atoms with E-state index in [1.807, 2.05) is 19.1 Å². The Bertz CT molecular complexity index is 750. The molecule has 0 spiro atoms. The topological polar surface area (TPSA) is 86.5 Å². The number of rotatable bonds is 9. The van der Waals surface area contributed by atoms with E-state index in [1.54, 1.807) is 6.07 Å². The molecule has 7 nitrogen and oxygen atoms in total. The fraction of sp³-hybridized carbons (Fsp3) is 0.500. The molecule has 140 valence electrons. The minimum absolute atomic E-state index is 0.0261. The molecule has 0 fully saturated rings. The number of hydrogen-bond donors (Lipinski definition) is 1. The second-order valence-electron chi connectivity index (χ2n) is 6.19. The Hall–Kier alpha value is -2.22. The van der Waals surface area contributed by atoms with E-state index >= 15 is 0 Å². The van der Waals surface area contributed by atoms with E-state index in [1.165, 1.54) is 24.6 Å². The molecule has 2 heterocycles. The summed E-state index contributed by atoms with van der Waals surface area (Å²) in [6, 6.07) is 5.62. The van der Waals surface area contributed by atoms with Gasteiger partial charge in [0.15, 0.2) is 11.5 Å². The van der Waals surface area contributed by atoms with Gasteiger partial charge in [-0.3, -0.25) is 4.79 Å². The van der Waals surface area contributed by atoms with Crippen LogP contribution < -0.4 is 14.8 Å². The van der Waals surface area contributed by atoms with Crippen molar-refractivity contribution < 1.29 is 18.7 Å². The van der Waals surface area contributed by atoms with Crippen LogP contribution in [0, 0.1) is 0 Å². The summed E-state index contributed by atoms with van der Waals surface area (Å²) >= 11 is 1.23. The third-order valence-electron chi connectivity index (χ3n) is 4.00. The van der Waals surface area contributed by atoms with Gasteiger partial charge in [-0.25, -0.2) is 0 Å². The van der Waals surface area contributed by atoms with Crippen LogP contribution in [0.4, 0.5) is 0 Å².